The number of hydrogen-bond donors (Lipinski definition) is 1. The maximum absolute atomic E-state index is 14.3. The zero-order chi connectivity index (χ0) is 16.0. The number of piperazine rings is 1. The Labute approximate surface area is 128 Å². The van der Waals surface area contributed by atoms with Crippen LogP contribution in [0.15, 0.2) is 6.07 Å². The highest BCUT2D eigenvalue weighted by Gasteiger charge is 2.23. The Morgan fingerprint density at radius 1 is 1.22 bits per heavy atom. The lowest BCUT2D eigenvalue weighted by Crippen LogP contribution is -2.44. The lowest BCUT2D eigenvalue weighted by Gasteiger charge is -2.28. The smallest absolute Gasteiger partial charge is 0.222 e. The van der Waals surface area contributed by atoms with Crippen LogP contribution in [0.1, 0.15) is 5.56 Å². The second-order valence-corrected chi connectivity index (χ2v) is 5.12. The molecule has 1 fully saturated rings. The van der Waals surface area contributed by atoms with E-state index in [-0.39, 0.29) is 11.0 Å². The van der Waals surface area contributed by atoms with Crippen molar-refractivity contribution >= 4 is 22.5 Å². The van der Waals surface area contributed by atoms with Crippen LogP contribution in [0.2, 0.25) is 0 Å². The van der Waals surface area contributed by atoms with Crippen molar-refractivity contribution in [2.45, 2.75) is 0 Å². The number of aromatic nitrogens is 5. The van der Waals surface area contributed by atoms with Crippen LogP contribution in [-0.4, -0.2) is 51.2 Å². The summed E-state index contributed by atoms with van der Waals surface area (Å²) in [5.74, 6) is -1.99. The molecule has 1 N–H and O–H groups in total. The standard InChI is InChI=1S/C13H10F2N8/c14-9-7(6-16)5-8-11(10(9)15)18-12(13-19-20-21-23(8)13)22-3-1-17-2-4-22/h5,17H,1-4H2. The van der Waals surface area contributed by atoms with Gasteiger partial charge in [-0.2, -0.15) is 9.78 Å². The minimum Gasteiger partial charge on any atom is -0.351 e. The Kier molecular flexibility index (Phi) is 3.02. The summed E-state index contributed by atoms with van der Waals surface area (Å²) in [5, 5.41) is 23.5. The summed E-state index contributed by atoms with van der Waals surface area (Å²) in [6.45, 7) is 2.80. The zero-order valence-electron chi connectivity index (χ0n) is 11.8. The summed E-state index contributed by atoms with van der Waals surface area (Å²) in [4.78, 5) is 6.16. The van der Waals surface area contributed by atoms with Gasteiger partial charge in [0, 0.05) is 26.2 Å². The molecule has 0 saturated carbocycles. The summed E-state index contributed by atoms with van der Waals surface area (Å²) in [5.41, 5.74) is -0.119. The van der Waals surface area contributed by atoms with Crippen LogP contribution in [0.4, 0.5) is 14.6 Å². The Bertz CT molecular complexity index is 954. The number of hydrogen-bond acceptors (Lipinski definition) is 7. The first-order valence-electron chi connectivity index (χ1n) is 6.96. The van der Waals surface area contributed by atoms with E-state index in [0.29, 0.717) is 24.6 Å². The van der Waals surface area contributed by atoms with Crippen LogP contribution in [0.5, 0.6) is 0 Å². The maximum Gasteiger partial charge on any atom is 0.222 e. The molecule has 0 atom stereocenters. The molecule has 0 unspecified atom stereocenters. The number of anilines is 1. The van der Waals surface area contributed by atoms with Gasteiger partial charge in [0.1, 0.15) is 11.6 Å². The van der Waals surface area contributed by atoms with E-state index in [1.807, 2.05) is 4.90 Å². The largest absolute Gasteiger partial charge is 0.351 e. The number of rotatable bonds is 1. The maximum atomic E-state index is 14.3. The average molecular weight is 316 g/mol. The Hall–Kier alpha value is -2.93. The molecule has 3 heterocycles. The first-order valence-corrected chi connectivity index (χ1v) is 6.96. The molecule has 116 valence electrons. The van der Waals surface area contributed by atoms with E-state index >= 15 is 0 Å². The van der Waals surface area contributed by atoms with Gasteiger partial charge in [0.15, 0.2) is 17.5 Å². The van der Waals surface area contributed by atoms with Crippen molar-refractivity contribution in [2.75, 3.05) is 31.1 Å². The van der Waals surface area contributed by atoms with E-state index < -0.39 is 17.2 Å². The molecule has 0 bridgehead atoms. The van der Waals surface area contributed by atoms with Crippen LogP contribution < -0.4 is 10.2 Å². The highest BCUT2D eigenvalue weighted by molar-refractivity contribution is 5.84. The Morgan fingerprint density at radius 3 is 2.74 bits per heavy atom. The highest BCUT2D eigenvalue weighted by Crippen LogP contribution is 2.27. The summed E-state index contributed by atoms with van der Waals surface area (Å²) in [7, 11) is 0. The molecule has 4 rings (SSSR count). The topological polar surface area (TPSA) is 95.0 Å². The van der Waals surface area contributed by atoms with Crippen LogP contribution in [0, 0.1) is 23.0 Å². The molecule has 1 saturated heterocycles. The van der Waals surface area contributed by atoms with E-state index in [4.69, 9.17) is 5.26 Å². The molecule has 23 heavy (non-hydrogen) atoms. The third kappa shape index (κ3) is 1.97. The molecule has 0 aliphatic carbocycles. The molecular formula is C13H10F2N8. The number of fused-ring (bicyclic) bond motifs is 3. The quantitative estimate of drug-likeness (QED) is 0.686. The first kappa shape index (κ1) is 13.7. The number of halogens is 2. The second kappa shape index (κ2) is 5.06. The van der Waals surface area contributed by atoms with E-state index in [2.05, 4.69) is 25.8 Å². The molecule has 0 amide bonds. The van der Waals surface area contributed by atoms with E-state index in [1.165, 1.54) is 10.6 Å². The molecule has 3 aromatic rings. The minimum absolute atomic E-state index is 0.152. The van der Waals surface area contributed by atoms with Gasteiger partial charge in [-0.15, -0.1) is 5.10 Å². The normalized spacial score (nSPS) is 15.3. The predicted molar refractivity (Wildman–Crippen MR) is 75.8 cm³/mol. The van der Waals surface area contributed by atoms with Crippen molar-refractivity contribution in [1.82, 2.24) is 30.3 Å². The summed E-state index contributed by atoms with van der Waals surface area (Å²) < 4.78 is 29.5. The average Bonchev–Trinajstić information content (AvgIpc) is 3.08. The molecule has 1 aliphatic heterocycles. The third-order valence-corrected chi connectivity index (χ3v) is 3.81. The van der Waals surface area contributed by atoms with Crippen LogP contribution in [0.3, 0.4) is 0 Å². The fourth-order valence-corrected chi connectivity index (χ4v) is 2.69. The lowest BCUT2D eigenvalue weighted by atomic mass is 10.2. The van der Waals surface area contributed by atoms with Gasteiger partial charge in [-0.05, 0) is 16.5 Å². The molecule has 1 aromatic carbocycles. The zero-order valence-corrected chi connectivity index (χ0v) is 11.8. The first-order chi connectivity index (χ1) is 11.2. The molecule has 0 spiro atoms. The van der Waals surface area contributed by atoms with Gasteiger partial charge in [0.2, 0.25) is 5.65 Å². The Morgan fingerprint density at radius 2 is 2.00 bits per heavy atom. The van der Waals surface area contributed by atoms with Gasteiger partial charge < -0.3 is 10.2 Å². The van der Waals surface area contributed by atoms with Crippen molar-refractivity contribution < 1.29 is 8.78 Å². The van der Waals surface area contributed by atoms with E-state index in [9.17, 15) is 8.78 Å². The number of nitrogens with one attached hydrogen (secondary N) is 1. The molecule has 10 heteroatoms. The van der Waals surface area contributed by atoms with Crippen molar-refractivity contribution in [3.05, 3.63) is 23.3 Å². The fourth-order valence-electron chi connectivity index (χ4n) is 2.69. The van der Waals surface area contributed by atoms with Gasteiger partial charge in [-0.1, -0.05) is 0 Å². The minimum atomic E-state index is -1.22. The van der Waals surface area contributed by atoms with Crippen molar-refractivity contribution in [3.63, 3.8) is 0 Å². The number of benzene rings is 1. The third-order valence-electron chi connectivity index (χ3n) is 3.81. The molecule has 0 radical (unpaired) electrons. The van der Waals surface area contributed by atoms with E-state index in [1.54, 1.807) is 6.07 Å². The summed E-state index contributed by atoms with van der Waals surface area (Å²) in [6, 6.07) is 2.82. The Balaban J connectivity index is 2.06. The number of nitriles is 1. The number of nitrogens with zero attached hydrogens (tertiary/aromatic N) is 7. The molecule has 8 nitrogen and oxygen atoms in total. The van der Waals surface area contributed by atoms with Crippen molar-refractivity contribution in [2.24, 2.45) is 0 Å². The van der Waals surface area contributed by atoms with Gasteiger partial charge >= 0.3 is 0 Å². The summed E-state index contributed by atoms with van der Waals surface area (Å²) >= 11 is 0. The molecular weight excluding hydrogens is 306 g/mol. The van der Waals surface area contributed by atoms with Gasteiger partial charge in [-0.3, -0.25) is 0 Å². The highest BCUT2D eigenvalue weighted by atomic mass is 19.2. The van der Waals surface area contributed by atoms with E-state index in [0.717, 1.165) is 13.1 Å². The van der Waals surface area contributed by atoms with Crippen LogP contribution in [0.25, 0.3) is 16.7 Å². The van der Waals surface area contributed by atoms with Gasteiger partial charge in [-0.25, -0.2) is 13.8 Å². The predicted octanol–water partition coefficient (Wildman–Crippen LogP) is 0.232. The van der Waals surface area contributed by atoms with Gasteiger partial charge in [0.05, 0.1) is 11.1 Å². The van der Waals surface area contributed by atoms with Crippen LogP contribution in [-0.2, 0) is 0 Å². The second-order valence-electron chi connectivity index (χ2n) is 5.12. The molecule has 1 aliphatic rings. The SMILES string of the molecule is N#Cc1cc2c(nc(N3CCNCC3)c3nnnn32)c(F)c1F. The monoisotopic (exact) mass is 316 g/mol. The lowest BCUT2D eigenvalue weighted by molar-refractivity contribution is 0.512. The van der Waals surface area contributed by atoms with Crippen molar-refractivity contribution in [3.8, 4) is 6.07 Å². The van der Waals surface area contributed by atoms with Crippen LogP contribution >= 0.6 is 0 Å². The molecule has 2 aromatic heterocycles. The fraction of sp³-hybridized carbons (Fsp3) is 0.308. The van der Waals surface area contributed by atoms with Gasteiger partial charge in [0.25, 0.3) is 0 Å². The summed E-state index contributed by atoms with van der Waals surface area (Å²) in [6.07, 6.45) is 0. The van der Waals surface area contributed by atoms with Crippen molar-refractivity contribution in [1.29, 1.82) is 5.26 Å². The number of tetrazole rings is 1.